The summed E-state index contributed by atoms with van der Waals surface area (Å²) in [6.45, 7) is 1.90. The van der Waals surface area contributed by atoms with Crippen LogP contribution in [0.1, 0.15) is 34.0 Å². The van der Waals surface area contributed by atoms with E-state index >= 15 is 0 Å². The second-order valence-electron chi connectivity index (χ2n) is 3.98. The molecule has 0 radical (unpaired) electrons. The third-order valence-corrected chi connectivity index (χ3v) is 3.87. The summed E-state index contributed by atoms with van der Waals surface area (Å²) < 4.78 is 5.52. The number of hydrogen-bond donors (Lipinski definition) is 0. The number of carbonyl (C=O) groups is 1. The van der Waals surface area contributed by atoms with Crippen molar-refractivity contribution in [1.82, 2.24) is 4.98 Å². The Morgan fingerprint density at radius 3 is 2.94 bits per heavy atom. The highest BCUT2D eigenvalue weighted by molar-refractivity contribution is 7.17. The molecule has 0 aromatic carbocycles. The van der Waals surface area contributed by atoms with Crippen molar-refractivity contribution in [2.75, 3.05) is 0 Å². The summed E-state index contributed by atoms with van der Waals surface area (Å²) in [5, 5.41) is 0.827. The van der Waals surface area contributed by atoms with Gasteiger partial charge in [-0.1, -0.05) is 0 Å². The van der Waals surface area contributed by atoms with Crippen LogP contribution in [-0.2, 0) is 6.42 Å². The van der Waals surface area contributed by atoms with Gasteiger partial charge in [-0.25, -0.2) is 4.98 Å². The maximum atomic E-state index is 11.7. The molecule has 82 valence electrons. The molecule has 0 atom stereocenters. The monoisotopic (exact) mass is 233 g/mol. The average Bonchev–Trinajstić information content (AvgIpc) is 2.84. The maximum absolute atomic E-state index is 11.7. The zero-order chi connectivity index (χ0) is 11.1. The van der Waals surface area contributed by atoms with Gasteiger partial charge in [-0.05, 0) is 31.9 Å². The van der Waals surface area contributed by atoms with E-state index in [1.165, 1.54) is 11.3 Å². The summed E-state index contributed by atoms with van der Waals surface area (Å²) in [4.78, 5) is 17.0. The van der Waals surface area contributed by atoms with Crippen LogP contribution in [0, 0.1) is 6.92 Å². The number of aromatic nitrogens is 1. The van der Waals surface area contributed by atoms with E-state index < -0.39 is 0 Å². The molecule has 3 rings (SSSR count). The lowest BCUT2D eigenvalue weighted by Crippen LogP contribution is -2.07. The zero-order valence-corrected chi connectivity index (χ0v) is 9.76. The molecule has 0 saturated carbocycles. The first-order valence-electron chi connectivity index (χ1n) is 5.34. The molecule has 0 amide bonds. The summed E-state index contributed by atoms with van der Waals surface area (Å²) in [5.41, 5.74) is 0.949. The minimum atomic E-state index is 0.230. The van der Waals surface area contributed by atoms with Gasteiger partial charge in [-0.2, -0.15) is 0 Å². The quantitative estimate of drug-likeness (QED) is 0.759. The molecular formula is C12H11NO2S. The number of hydrogen-bond acceptors (Lipinski definition) is 4. The lowest BCUT2D eigenvalue weighted by Gasteiger charge is -2.06. The van der Waals surface area contributed by atoms with Crippen LogP contribution >= 0.6 is 11.3 Å². The Morgan fingerprint density at radius 1 is 1.38 bits per heavy atom. The molecule has 16 heavy (non-hydrogen) atoms. The number of ketones is 1. The number of Topliss-reactive ketones (excluding diaryl/α,β-unsaturated/α-hetero) is 1. The van der Waals surface area contributed by atoms with Crippen molar-refractivity contribution in [2.45, 2.75) is 26.2 Å². The predicted molar refractivity (Wildman–Crippen MR) is 61.8 cm³/mol. The first kappa shape index (κ1) is 9.78. The highest BCUT2D eigenvalue weighted by Gasteiger charge is 2.23. The molecule has 0 bridgehead atoms. The van der Waals surface area contributed by atoms with E-state index in [1.54, 1.807) is 0 Å². The van der Waals surface area contributed by atoms with E-state index in [0.29, 0.717) is 6.42 Å². The Labute approximate surface area is 97.1 Å². The fourth-order valence-electron chi connectivity index (χ4n) is 1.92. The van der Waals surface area contributed by atoms with E-state index in [2.05, 4.69) is 4.98 Å². The van der Waals surface area contributed by atoms with E-state index in [4.69, 9.17) is 4.42 Å². The SMILES string of the molecule is Cc1ccc(-c2nc3c(s2)C(=O)CCC3)o1. The van der Waals surface area contributed by atoms with Crippen molar-refractivity contribution in [3.8, 4) is 10.8 Å². The van der Waals surface area contributed by atoms with E-state index in [0.717, 1.165) is 39.9 Å². The van der Waals surface area contributed by atoms with Crippen molar-refractivity contribution < 1.29 is 9.21 Å². The Morgan fingerprint density at radius 2 is 2.25 bits per heavy atom. The second kappa shape index (κ2) is 3.56. The Hall–Kier alpha value is -1.42. The van der Waals surface area contributed by atoms with E-state index in [-0.39, 0.29) is 5.78 Å². The Balaban J connectivity index is 2.07. The minimum absolute atomic E-state index is 0.230. The van der Waals surface area contributed by atoms with Crippen molar-refractivity contribution in [3.05, 3.63) is 28.5 Å². The second-order valence-corrected chi connectivity index (χ2v) is 4.98. The third-order valence-electron chi connectivity index (χ3n) is 2.72. The lowest BCUT2D eigenvalue weighted by atomic mass is 10.0. The van der Waals surface area contributed by atoms with Gasteiger partial charge in [-0.3, -0.25) is 4.79 Å². The molecule has 2 heterocycles. The zero-order valence-electron chi connectivity index (χ0n) is 8.95. The predicted octanol–water partition coefficient (Wildman–Crippen LogP) is 3.23. The molecule has 1 aliphatic rings. The summed E-state index contributed by atoms with van der Waals surface area (Å²) >= 11 is 1.46. The highest BCUT2D eigenvalue weighted by Crippen LogP contribution is 2.33. The van der Waals surface area contributed by atoms with E-state index in [1.807, 2.05) is 19.1 Å². The molecule has 0 N–H and O–H groups in total. The minimum Gasteiger partial charge on any atom is -0.459 e. The summed E-state index contributed by atoms with van der Waals surface area (Å²) in [5.74, 6) is 1.87. The standard InChI is InChI=1S/C12H11NO2S/c1-7-5-6-10(15-7)12-13-8-3-2-4-9(14)11(8)16-12/h5-6H,2-4H2,1H3. The number of carbonyl (C=O) groups excluding carboxylic acids is 1. The maximum Gasteiger partial charge on any atom is 0.174 e. The molecule has 2 aromatic rings. The first-order chi connectivity index (χ1) is 7.74. The van der Waals surface area contributed by atoms with Gasteiger partial charge in [0.25, 0.3) is 0 Å². The number of thiazole rings is 1. The van der Waals surface area contributed by atoms with Gasteiger partial charge < -0.3 is 4.42 Å². The molecule has 0 fully saturated rings. The van der Waals surface area contributed by atoms with Gasteiger partial charge in [0.1, 0.15) is 5.76 Å². The third kappa shape index (κ3) is 1.50. The largest absolute Gasteiger partial charge is 0.459 e. The summed E-state index contributed by atoms with van der Waals surface area (Å²) in [7, 11) is 0. The molecule has 1 aliphatic carbocycles. The van der Waals surface area contributed by atoms with Crippen LogP contribution in [0.3, 0.4) is 0 Å². The van der Waals surface area contributed by atoms with Crippen LogP contribution in [-0.4, -0.2) is 10.8 Å². The fourth-order valence-corrected chi connectivity index (χ4v) is 2.96. The number of nitrogens with zero attached hydrogens (tertiary/aromatic N) is 1. The Bertz CT molecular complexity index is 553. The summed E-state index contributed by atoms with van der Waals surface area (Å²) in [6.07, 6.45) is 2.50. The molecule has 0 spiro atoms. The molecule has 0 aliphatic heterocycles. The van der Waals surface area contributed by atoms with Gasteiger partial charge in [0, 0.05) is 6.42 Å². The smallest absolute Gasteiger partial charge is 0.174 e. The van der Waals surface area contributed by atoms with Gasteiger partial charge in [-0.15, -0.1) is 11.3 Å². The van der Waals surface area contributed by atoms with Crippen LogP contribution < -0.4 is 0 Å². The van der Waals surface area contributed by atoms with Crippen LogP contribution in [0.25, 0.3) is 10.8 Å². The highest BCUT2D eigenvalue weighted by atomic mass is 32.1. The Kier molecular flexibility index (Phi) is 2.17. The van der Waals surface area contributed by atoms with Gasteiger partial charge in [0.05, 0.1) is 10.6 Å². The molecule has 0 saturated heterocycles. The molecular weight excluding hydrogens is 222 g/mol. The normalized spacial score (nSPS) is 15.2. The number of aryl methyl sites for hydroxylation is 2. The van der Waals surface area contributed by atoms with Crippen molar-refractivity contribution in [3.63, 3.8) is 0 Å². The van der Waals surface area contributed by atoms with Gasteiger partial charge >= 0.3 is 0 Å². The number of furan rings is 1. The lowest BCUT2D eigenvalue weighted by molar-refractivity contribution is 0.0976. The van der Waals surface area contributed by atoms with Crippen molar-refractivity contribution in [1.29, 1.82) is 0 Å². The number of rotatable bonds is 1. The van der Waals surface area contributed by atoms with Crippen LogP contribution in [0.15, 0.2) is 16.5 Å². The summed E-state index contributed by atoms with van der Waals surface area (Å²) in [6, 6.07) is 3.82. The molecule has 2 aromatic heterocycles. The topological polar surface area (TPSA) is 43.1 Å². The van der Waals surface area contributed by atoms with Crippen molar-refractivity contribution >= 4 is 17.1 Å². The first-order valence-corrected chi connectivity index (χ1v) is 6.15. The van der Waals surface area contributed by atoms with Crippen LogP contribution in [0.4, 0.5) is 0 Å². The van der Waals surface area contributed by atoms with Gasteiger partial charge in [0.15, 0.2) is 16.6 Å². The van der Waals surface area contributed by atoms with E-state index in [9.17, 15) is 4.79 Å². The average molecular weight is 233 g/mol. The molecule has 3 nitrogen and oxygen atoms in total. The molecule has 0 unspecified atom stereocenters. The fraction of sp³-hybridized carbons (Fsp3) is 0.333. The van der Waals surface area contributed by atoms with Crippen LogP contribution in [0.2, 0.25) is 0 Å². The van der Waals surface area contributed by atoms with Gasteiger partial charge in [0.2, 0.25) is 0 Å². The van der Waals surface area contributed by atoms with Crippen molar-refractivity contribution in [2.24, 2.45) is 0 Å². The van der Waals surface area contributed by atoms with Crippen LogP contribution in [0.5, 0.6) is 0 Å². The number of fused-ring (bicyclic) bond motifs is 1. The molecule has 4 heteroatoms.